The van der Waals surface area contributed by atoms with Crippen molar-refractivity contribution in [2.45, 2.75) is 5.16 Å². The van der Waals surface area contributed by atoms with Gasteiger partial charge < -0.3 is 13.7 Å². The van der Waals surface area contributed by atoms with Gasteiger partial charge in [0.2, 0.25) is 0 Å². The lowest BCUT2D eigenvalue weighted by Crippen LogP contribution is -2.01. The molecule has 0 saturated carbocycles. The fourth-order valence-corrected chi connectivity index (χ4v) is 2.74. The number of furan rings is 1. The van der Waals surface area contributed by atoms with Crippen LogP contribution in [-0.4, -0.2) is 27.1 Å². The van der Waals surface area contributed by atoms with Crippen LogP contribution in [0, 0.1) is 0 Å². The lowest BCUT2D eigenvalue weighted by atomic mass is 10.3. The third-order valence-corrected chi connectivity index (χ3v) is 4.21. The number of ether oxygens (including phenoxy) is 1. The van der Waals surface area contributed by atoms with Gasteiger partial charge in [0.25, 0.3) is 0 Å². The van der Waals surface area contributed by atoms with E-state index >= 15 is 0 Å². The molecule has 7 heteroatoms. The summed E-state index contributed by atoms with van der Waals surface area (Å²) < 4.78 is 12.9. The van der Waals surface area contributed by atoms with E-state index in [1.54, 1.807) is 18.0 Å². The molecule has 2 heterocycles. The van der Waals surface area contributed by atoms with Crippen LogP contribution < -0.4 is 4.74 Å². The standard InChI is InChI=1S/C15H14ClN3O2S/c1-19-14(13-3-2-8-21-13)17-18-15(19)22-10-9-20-12-6-4-11(16)5-7-12/h2-8H,9-10H2,1H3. The molecule has 0 amide bonds. The maximum absolute atomic E-state index is 5.83. The topological polar surface area (TPSA) is 53.1 Å². The van der Waals surface area contributed by atoms with Crippen LogP contribution in [0.25, 0.3) is 11.6 Å². The molecule has 0 spiro atoms. The van der Waals surface area contributed by atoms with Crippen molar-refractivity contribution in [2.24, 2.45) is 7.05 Å². The molecule has 2 aromatic heterocycles. The quantitative estimate of drug-likeness (QED) is 0.505. The van der Waals surface area contributed by atoms with E-state index in [-0.39, 0.29) is 0 Å². The van der Waals surface area contributed by atoms with E-state index in [9.17, 15) is 0 Å². The Kier molecular flexibility index (Phi) is 4.70. The van der Waals surface area contributed by atoms with Gasteiger partial charge in [-0.05, 0) is 36.4 Å². The molecular formula is C15H14ClN3O2S. The van der Waals surface area contributed by atoms with Crippen molar-refractivity contribution in [3.8, 4) is 17.3 Å². The molecule has 0 radical (unpaired) electrons. The predicted octanol–water partition coefficient (Wildman–Crippen LogP) is 3.90. The molecule has 0 aliphatic carbocycles. The molecule has 0 atom stereocenters. The summed E-state index contributed by atoms with van der Waals surface area (Å²) >= 11 is 7.41. The SMILES string of the molecule is Cn1c(SCCOc2ccc(Cl)cc2)nnc1-c1ccco1. The van der Waals surface area contributed by atoms with E-state index in [1.165, 1.54) is 0 Å². The second-order valence-corrected chi connectivity index (χ2v) is 5.99. The largest absolute Gasteiger partial charge is 0.493 e. The number of nitrogens with zero attached hydrogens (tertiary/aromatic N) is 3. The van der Waals surface area contributed by atoms with Crippen molar-refractivity contribution in [1.29, 1.82) is 0 Å². The van der Waals surface area contributed by atoms with E-state index in [2.05, 4.69) is 10.2 Å². The first kappa shape index (κ1) is 15.0. The lowest BCUT2D eigenvalue weighted by Gasteiger charge is -2.06. The maximum atomic E-state index is 5.83. The van der Waals surface area contributed by atoms with Crippen molar-refractivity contribution in [3.05, 3.63) is 47.7 Å². The number of halogens is 1. The first-order valence-corrected chi connectivity index (χ1v) is 8.05. The Morgan fingerprint density at radius 2 is 2.05 bits per heavy atom. The highest BCUT2D eigenvalue weighted by molar-refractivity contribution is 7.99. The molecule has 114 valence electrons. The van der Waals surface area contributed by atoms with Crippen LogP contribution in [0.2, 0.25) is 5.02 Å². The number of hydrogen-bond donors (Lipinski definition) is 0. The third-order valence-electron chi connectivity index (χ3n) is 2.97. The summed E-state index contributed by atoms with van der Waals surface area (Å²) in [4.78, 5) is 0. The molecule has 0 aliphatic rings. The van der Waals surface area contributed by atoms with Crippen LogP contribution in [0.3, 0.4) is 0 Å². The molecular weight excluding hydrogens is 322 g/mol. The Morgan fingerprint density at radius 1 is 1.23 bits per heavy atom. The summed E-state index contributed by atoms with van der Waals surface area (Å²) in [5.74, 6) is 3.00. The lowest BCUT2D eigenvalue weighted by molar-refractivity contribution is 0.344. The van der Waals surface area contributed by atoms with Crippen LogP contribution in [0.4, 0.5) is 0 Å². The molecule has 1 aromatic carbocycles. The fraction of sp³-hybridized carbons (Fsp3) is 0.200. The zero-order valence-corrected chi connectivity index (χ0v) is 13.5. The zero-order valence-electron chi connectivity index (χ0n) is 11.9. The third kappa shape index (κ3) is 3.45. The van der Waals surface area contributed by atoms with E-state index in [1.807, 2.05) is 48.0 Å². The zero-order chi connectivity index (χ0) is 15.4. The number of thioether (sulfide) groups is 1. The van der Waals surface area contributed by atoms with Crippen LogP contribution in [-0.2, 0) is 7.05 Å². The molecule has 5 nitrogen and oxygen atoms in total. The molecule has 0 saturated heterocycles. The molecule has 0 unspecified atom stereocenters. The van der Waals surface area contributed by atoms with Gasteiger partial charge in [-0.25, -0.2) is 0 Å². The Bertz CT molecular complexity index is 726. The van der Waals surface area contributed by atoms with Gasteiger partial charge in [-0.15, -0.1) is 10.2 Å². The molecule has 0 aliphatic heterocycles. The molecule has 22 heavy (non-hydrogen) atoms. The molecule has 0 bridgehead atoms. The highest BCUT2D eigenvalue weighted by Gasteiger charge is 2.12. The average Bonchev–Trinajstić information content (AvgIpc) is 3.16. The van der Waals surface area contributed by atoms with Crippen molar-refractivity contribution in [3.63, 3.8) is 0 Å². The van der Waals surface area contributed by atoms with Gasteiger partial charge in [0.05, 0.1) is 12.9 Å². The van der Waals surface area contributed by atoms with E-state index in [4.69, 9.17) is 20.8 Å². The van der Waals surface area contributed by atoms with Gasteiger partial charge in [0.1, 0.15) is 5.75 Å². The van der Waals surface area contributed by atoms with Crippen molar-refractivity contribution >= 4 is 23.4 Å². The molecule has 3 aromatic rings. The van der Waals surface area contributed by atoms with Crippen LogP contribution in [0.5, 0.6) is 5.75 Å². The van der Waals surface area contributed by atoms with Gasteiger partial charge in [0, 0.05) is 17.8 Å². The van der Waals surface area contributed by atoms with Crippen LogP contribution in [0.15, 0.2) is 52.2 Å². The van der Waals surface area contributed by atoms with Crippen molar-refractivity contribution in [1.82, 2.24) is 14.8 Å². The minimum Gasteiger partial charge on any atom is -0.493 e. The average molecular weight is 336 g/mol. The van der Waals surface area contributed by atoms with Crippen molar-refractivity contribution < 1.29 is 9.15 Å². The summed E-state index contributed by atoms with van der Waals surface area (Å²) in [7, 11) is 1.92. The summed E-state index contributed by atoms with van der Waals surface area (Å²) in [6, 6.07) is 11.0. The number of hydrogen-bond acceptors (Lipinski definition) is 5. The van der Waals surface area contributed by atoms with E-state index in [0.717, 1.165) is 16.7 Å². The summed E-state index contributed by atoms with van der Waals surface area (Å²) in [5, 5.41) is 9.84. The number of rotatable bonds is 6. The molecule has 3 rings (SSSR count). The minimum atomic E-state index is 0.579. The van der Waals surface area contributed by atoms with Gasteiger partial charge in [0.15, 0.2) is 16.7 Å². The monoisotopic (exact) mass is 335 g/mol. The second kappa shape index (κ2) is 6.89. The van der Waals surface area contributed by atoms with Crippen molar-refractivity contribution in [2.75, 3.05) is 12.4 Å². The highest BCUT2D eigenvalue weighted by Crippen LogP contribution is 2.23. The van der Waals surface area contributed by atoms with Gasteiger partial charge in [-0.2, -0.15) is 0 Å². The number of benzene rings is 1. The Morgan fingerprint density at radius 3 is 2.77 bits per heavy atom. The second-order valence-electron chi connectivity index (χ2n) is 4.49. The minimum absolute atomic E-state index is 0.579. The normalized spacial score (nSPS) is 10.8. The Hall–Kier alpha value is -1.92. The summed E-state index contributed by atoms with van der Waals surface area (Å²) in [5.41, 5.74) is 0. The van der Waals surface area contributed by atoms with Crippen LogP contribution in [0.1, 0.15) is 0 Å². The first-order chi connectivity index (χ1) is 10.7. The van der Waals surface area contributed by atoms with E-state index in [0.29, 0.717) is 23.2 Å². The summed E-state index contributed by atoms with van der Waals surface area (Å²) in [6.45, 7) is 0.579. The predicted molar refractivity (Wildman–Crippen MR) is 86.4 cm³/mol. The smallest absolute Gasteiger partial charge is 0.200 e. The van der Waals surface area contributed by atoms with Gasteiger partial charge in [-0.3, -0.25) is 0 Å². The Balaban J connectivity index is 1.53. The van der Waals surface area contributed by atoms with Gasteiger partial charge in [-0.1, -0.05) is 23.4 Å². The number of aromatic nitrogens is 3. The van der Waals surface area contributed by atoms with E-state index < -0.39 is 0 Å². The molecule has 0 N–H and O–H groups in total. The first-order valence-electron chi connectivity index (χ1n) is 6.68. The Labute approximate surface area is 137 Å². The summed E-state index contributed by atoms with van der Waals surface area (Å²) in [6.07, 6.45) is 1.62. The molecule has 0 fully saturated rings. The van der Waals surface area contributed by atoms with Gasteiger partial charge >= 0.3 is 0 Å². The van der Waals surface area contributed by atoms with Crippen LogP contribution >= 0.6 is 23.4 Å². The highest BCUT2D eigenvalue weighted by atomic mass is 35.5. The maximum Gasteiger partial charge on any atom is 0.200 e. The fourth-order valence-electron chi connectivity index (χ4n) is 1.88.